The van der Waals surface area contributed by atoms with Gasteiger partial charge in [-0.2, -0.15) is 0 Å². The summed E-state index contributed by atoms with van der Waals surface area (Å²) in [6, 6.07) is 0. The summed E-state index contributed by atoms with van der Waals surface area (Å²) in [5.41, 5.74) is 2.41. The van der Waals surface area contributed by atoms with Gasteiger partial charge in [0.2, 0.25) is 0 Å². The molecule has 0 radical (unpaired) electrons. The second kappa shape index (κ2) is 6.84. The van der Waals surface area contributed by atoms with Crippen molar-refractivity contribution in [2.45, 2.75) is 84.7 Å². The fourth-order valence-electron chi connectivity index (χ4n) is 3.46. The molecule has 0 bridgehead atoms. The van der Waals surface area contributed by atoms with Crippen LogP contribution in [0.4, 0.5) is 0 Å². The van der Waals surface area contributed by atoms with Gasteiger partial charge in [-0.3, -0.25) is 0 Å². The van der Waals surface area contributed by atoms with Gasteiger partial charge in [-0.05, 0) is 62.4 Å². The summed E-state index contributed by atoms with van der Waals surface area (Å²) < 4.78 is 13.1. The van der Waals surface area contributed by atoms with Crippen molar-refractivity contribution in [3.63, 3.8) is 0 Å². The first-order valence-corrected chi connectivity index (χ1v) is 12.2. The normalized spacial score (nSPS) is 32.5. The van der Waals surface area contributed by atoms with Gasteiger partial charge in [-0.1, -0.05) is 45.9 Å². The van der Waals surface area contributed by atoms with E-state index >= 15 is 0 Å². The zero-order valence-corrected chi connectivity index (χ0v) is 17.9. The highest BCUT2D eigenvalue weighted by molar-refractivity contribution is 6.74. The Balaban J connectivity index is 2.26. The molecule has 2 rings (SSSR count). The molecule has 0 aromatic carbocycles. The molecule has 24 heavy (non-hydrogen) atoms. The molecule has 4 atom stereocenters. The van der Waals surface area contributed by atoms with Crippen molar-refractivity contribution >= 4 is 8.32 Å². The SMILES string of the molecule is C=C1/C(=C/C=C(C)C)O[C@H]2C[C@H](C)C[C@H](O[Si](C)(C)C(C)(C)C)[C@@H]12. The molecule has 0 spiro atoms. The Labute approximate surface area is 150 Å². The summed E-state index contributed by atoms with van der Waals surface area (Å²) in [6.07, 6.45) is 6.89. The summed E-state index contributed by atoms with van der Waals surface area (Å²) >= 11 is 0. The maximum Gasteiger partial charge on any atom is 0.192 e. The molecule has 2 aliphatic rings. The largest absolute Gasteiger partial charge is 0.489 e. The smallest absolute Gasteiger partial charge is 0.192 e. The molecule has 2 fully saturated rings. The lowest BCUT2D eigenvalue weighted by atomic mass is 9.76. The molecule has 1 saturated carbocycles. The third-order valence-electron chi connectivity index (χ3n) is 5.89. The van der Waals surface area contributed by atoms with Crippen molar-refractivity contribution < 1.29 is 9.16 Å². The minimum atomic E-state index is -1.80. The van der Waals surface area contributed by atoms with E-state index in [1.165, 1.54) is 5.57 Å². The Morgan fingerprint density at radius 2 is 1.88 bits per heavy atom. The molecular weight excluding hydrogens is 312 g/mol. The molecule has 0 aromatic rings. The predicted molar refractivity (Wildman–Crippen MR) is 105 cm³/mol. The minimum absolute atomic E-state index is 0.227. The van der Waals surface area contributed by atoms with Crippen LogP contribution in [0.3, 0.4) is 0 Å². The van der Waals surface area contributed by atoms with Crippen molar-refractivity contribution in [1.29, 1.82) is 0 Å². The summed E-state index contributed by atoms with van der Waals surface area (Å²) in [4.78, 5) is 0. The molecule has 0 amide bonds. The second-order valence-electron chi connectivity index (χ2n) is 9.48. The molecule has 1 heterocycles. The summed E-state index contributed by atoms with van der Waals surface area (Å²) in [6.45, 7) is 22.5. The van der Waals surface area contributed by atoms with Crippen molar-refractivity contribution in [2.24, 2.45) is 11.8 Å². The summed E-state index contributed by atoms with van der Waals surface area (Å²) in [7, 11) is -1.80. The summed E-state index contributed by atoms with van der Waals surface area (Å²) in [5, 5.41) is 0.227. The van der Waals surface area contributed by atoms with E-state index in [9.17, 15) is 0 Å². The minimum Gasteiger partial charge on any atom is -0.489 e. The molecule has 3 heteroatoms. The first kappa shape index (κ1) is 19.5. The van der Waals surface area contributed by atoms with Crippen LogP contribution in [0, 0.1) is 11.8 Å². The molecule has 0 N–H and O–H groups in total. The highest BCUT2D eigenvalue weighted by Gasteiger charge is 2.49. The molecule has 2 nitrogen and oxygen atoms in total. The molecular formula is C21H36O2Si. The molecule has 1 saturated heterocycles. The van der Waals surface area contributed by atoms with Gasteiger partial charge in [-0.15, -0.1) is 0 Å². The van der Waals surface area contributed by atoms with Crippen LogP contribution in [-0.4, -0.2) is 20.5 Å². The van der Waals surface area contributed by atoms with Crippen LogP contribution in [0.2, 0.25) is 18.1 Å². The standard InChI is InChI=1S/C21H36O2Si/c1-14(2)10-11-17-16(4)20-18(22-17)12-15(3)13-19(20)23-24(8,9)21(5,6)7/h10-11,15,18-20H,4,12-13H2,1-3,5-9H3/b17-11-/t15-,18-,19-,20-/m0/s1. The van der Waals surface area contributed by atoms with Crippen LogP contribution >= 0.6 is 0 Å². The number of hydrogen-bond acceptors (Lipinski definition) is 2. The number of allylic oxidation sites excluding steroid dienone is 4. The van der Waals surface area contributed by atoms with E-state index in [0.717, 1.165) is 24.2 Å². The average Bonchev–Trinajstić information content (AvgIpc) is 2.71. The van der Waals surface area contributed by atoms with Gasteiger partial charge in [-0.25, -0.2) is 0 Å². The Bertz CT molecular complexity index is 547. The van der Waals surface area contributed by atoms with E-state index in [1.54, 1.807) is 0 Å². The number of rotatable bonds is 3. The van der Waals surface area contributed by atoms with Crippen LogP contribution in [-0.2, 0) is 9.16 Å². The van der Waals surface area contributed by atoms with Crippen LogP contribution in [0.5, 0.6) is 0 Å². The quantitative estimate of drug-likeness (QED) is 0.563. The Kier molecular flexibility index (Phi) is 5.56. The Hall–Kier alpha value is -0.803. The zero-order valence-electron chi connectivity index (χ0n) is 16.9. The lowest BCUT2D eigenvalue weighted by Gasteiger charge is -2.44. The maximum atomic E-state index is 6.83. The molecule has 1 aliphatic heterocycles. The molecule has 0 aromatic heterocycles. The first-order valence-electron chi connectivity index (χ1n) is 9.31. The van der Waals surface area contributed by atoms with Gasteiger partial charge in [0.05, 0.1) is 6.10 Å². The first-order chi connectivity index (χ1) is 10.9. The molecule has 0 unspecified atom stereocenters. The predicted octanol–water partition coefficient (Wildman–Crippen LogP) is 6.23. The highest BCUT2D eigenvalue weighted by Crippen LogP contribution is 2.48. The third kappa shape index (κ3) is 4.05. The average molecular weight is 349 g/mol. The Morgan fingerprint density at radius 3 is 2.42 bits per heavy atom. The number of fused-ring (bicyclic) bond motifs is 1. The van der Waals surface area contributed by atoms with Crippen molar-refractivity contribution in [2.75, 3.05) is 0 Å². The fourth-order valence-corrected chi connectivity index (χ4v) is 4.81. The Morgan fingerprint density at radius 1 is 1.25 bits per heavy atom. The van der Waals surface area contributed by atoms with Gasteiger partial charge < -0.3 is 9.16 Å². The molecule has 1 aliphatic carbocycles. The van der Waals surface area contributed by atoms with Crippen LogP contribution in [0.25, 0.3) is 0 Å². The maximum absolute atomic E-state index is 6.83. The van der Waals surface area contributed by atoms with Crippen LogP contribution in [0.1, 0.15) is 54.4 Å². The molecule has 136 valence electrons. The number of hydrogen-bond donors (Lipinski definition) is 0. The van der Waals surface area contributed by atoms with Gasteiger partial charge >= 0.3 is 0 Å². The van der Waals surface area contributed by atoms with E-state index in [-0.39, 0.29) is 17.2 Å². The van der Waals surface area contributed by atoms with Crippen molar-refractivity contribution in [3.8, 4) is 0 Å². The lowest BCUT2D eigenvalue weighted by Crippen LogP contribution is -2.49. The lowest BCUT2D eigenvalue weighted by molar-refractivity contribution is -0.000830. The monoisotopic (exact) mass is 348 g/mol. The fraction of sp³-hybridized carbons (Fsp3) is 0.714. The van der Waals surface area contributed by atoms with Gasteiger partial charge in [0.15, 0.2) is 8.32 Å². The van der Waals surface area contributed by atoms with Crippen molar-refractivity contribution in [1.82, 2.24) is 0 Å². The van der Waals surface area contributed by atoms with Gasteiger partial charge in [0.1, 0.15) is 11.9 Å². The number of ether oxygens (including phenoxy) is 1. The van der Waals surface area contributed by atoms with E-state index < -0.39 is 8.32 Å². The van der Waals surface area contributed by atoms with Crippen LogP contribution < -0.4 is 0 Å². The van der Waals surface area contributed by atoms with E-state index in [2.05, 4.69) is 73.4 Å². The van der Waals surface area contributed by atoms with Crippen molar-refractivity contribution in [3.05, 3.63) is 35.6 Å². The summed E-state index contributed by atoms with van der Waals surface area (Å²) in [5.74, 6) is 1.91. The topological polar surface area (TPSA) is 18.5 Å². The van der Waals surface area contributed by atoms with E-state index in [4.69, 9.17) is 9.16 Å². The highest BCUT2D eigenvalue weighted by atomic mass is 28.4. The van der Waals surface area contributed by atoms with Gasteiger partial charge in [0.25, 0.3) is 0 Å². The zero-order chi connectivity index (χ0) is 18.3. The van der Waals surface area contributed by atoms with Crippen LogP contribution in [0.15, 0.2) is 35.6 Å². The second-order valence-corrected chi connectivity index (χ2v) is 14.2. The van der Waals surface area contributed by atoms with E-state index in [0.29, 0.717) is 11.8 Å². The van der Waals surface area contributed by atoms with E-state index in [1.807, 2.05) is 0 Å². The third-order valence-corrected chi connectivity index (χ3v) is 10.4. The van der Waals surface area contributed by atoms with Gasteiger partial charge in [0, 0.05) is 5.92 Å².